The van der Waals surface area contributed by atoms with Gasteiger partial charge in [-0.05, 0) is 6.42 Å². The van der Waals surface area contributed by atoms with Crippen LogP contribution in [-0.2, 0) is 0 Å². The van der Waals surface area contributed by atoms with Crippen LogP contribution in [0.5, 0.6) is 0 Å². The van der Waals surface area contributed by atoms with E-state index in [2.05, 4.69) is 15.3 Å². The van der Waals surface area contributed by atoms with Gasteiger partial charge in [0.1, 0.15) is 0 Å². The van der Waals surface area contributed by atoms with Crippen molar-refractivity contribution in [3.05, 3.63) is 12.4 Å². The molecule has 1 aromatic rings. The number of nitrogens with one attached hydrogen (secondary N) is 1. The lowest BCUT2D eigenvalue weighted by molar-refractivity contribution is 0.292. The first-order valence-electron chi connectivity index (χ1n) is 3.75. The van der Waals surface area contributed by atoms with E-state index in [0.29, 0.717) is 24.6 Å². The quantitative estimate of drug-likeness (QED) is 0.545. The van der Waals surface area contributed by atoms with Gasteiger partial charge in [-0.25, -0.2) is 9.97 Å². The van der Waals surface area contributed by atoms with Gasteiger partial charge in [-0.2, -0.15) is 0 Å². The molecule has 1 rings (SSSR count). The Bertz CT molecular complexity index is 223. The van der Waals surface area contributed by atoms with E-state index < -0.39 is 0 Å². The number of hydrogen-bond acceptors (Lipinski definition) is 5. The van der Waals surface area contributed by atoms with Gasteiger partial charge in [-0.1, -0.05) is 0 Å². The zero-order valence-corrected chi connectivity index (χ0v) is 6.70. The third-order valence-corrected chi connectivity index (χ3v) is 1.29. The molecule has 4 N–H and O–H groups in total. The minimum atomic E-state index is 0.169. The SMILES string of the molecule is Nc1cnc(NCCCO)nc1. The second kappa shape index (κ2) is 4.50. The maximum atomic E-state index is 8.49. The predicted molar refractivity (Wildman–Crippen MR) is 46.6 cm³/mol. The third-order valence-electron chi connectivity index (χ3n) is 1.29. The summed E-state index contributed by atoms with van der Waals surface area (Å²) in [5, 5.41) is 11.4. The molecule has 0 atom stereocenters. The lowest BCUT2D eigenvalue weighted by Crippen LogP contribution is -2.06. The Morgan fingerprint density at radius 1 is 1.42 bits per heavy atom. The van der Waals surface area contributed by atoms with Crippen LogP contribution in [0.3, 0.4) is 0 Å². The zero-order valence-electron chi connectivity index (χ0n) is 6.70. The van der Waals surface area contributed by atoms with Crippen LogP contribution in [0.4, 0.5) is 11.6 Å². The van der Waals surface area contributed by atoms with Crippen molar-refractivity contribution in [2.75, 3.05) is 24.2 Å². The van der Waals surface area contributed by atoms with Crippen LogP contribution in [0.1, 0.15) is 6.42 Å². The van der Waals surface area contributed by atoms with Crippen molar-refractivity contribution in [3.63, 3.8) is 0 Å². The van der Waals surface area contributed by atoms with Gasteiger partial charge in [-0.15, -0.1) is 0 Å². The molecule has 0 aromatic carbocycles. The Kier molecular flexibility index (Phi) is 3.28. The highest BCUT2D eigenvalue weighted by atomic mass is 16.3. The van der Waals surface area contributed by atoms with Gasteiger partial charge < -0.3 is 16.2 Å². The smallest absolute Gasteiger partial charge is 0.222 e. The van der Waals surface area contributed by atoms with E-state index in [9.17, 15) is 0 Å². The number of nitrogen functional groups attached to an aromatic ring is 1. The van der Waals surface area contributed by atoms with Crippen molar-refractivity contribution in [3.8, 4) is 0 Å². The number of aromatic nitrogens is 2. The van der Waals surface area contributed by atoms with Crippen LogP contribution in [0.15, 0.2) is 12.4 Å². The summed E-state index contributed by atoms with van der Waals surface area (Å²) in [6.07, 6.45) is 3.76. The molecule has 0 unspecified atom stereocenters. The lowest BCUT2D eigenvalue weighted by atomic mass is 10.4. The average Bonchev–Trinajstić information content (AvgIpc) is 2.09. The number of hydrogen-bond donors (Lipinski definition) is 3. The molecule has 0 saturated carbocycles. The van der Waals surface area contributed by atoms with Crippen LogP contribution in [0.2, 0.25) is 0 Å². The van der Waals surface area contributed by atoms with E-state index in [1.807, 2.05) is 0 Å². The highest BCUT2D eigenvalue weighted by Crippen LogP contribution is 1.99. The molecule has 0 radical (unpaired) electrons. The Morgan fingerprint density at radius 3 is 2.67 bits per heavy atom. The first-order chi connectivity index (χ1) is 5.83. The monoisotopic (exact) mass is 168 g/mol. The molecule has 1 aromatic heterocycles. The van der Waals surface area contributed by atoms with Gasteiger partial charge in [0.05, 0.1) is 18.1 Å². The molecule has 1 heterocycles. The second-order valence-corrected chi connectivity index (χ2v) is 2.34. The van der Waals surface area contributed by atoms with Crippen LogP contribution < -0.4 is 11.1 Å². The summed E-state index contributed by atoms with van der Waals surface area (Å²) in [5.74, 6) is 0.539. The van der Waals surface area contributed by atoms with E-state index >= 15 is 0 Å². The normalized spacial score (nSPS) is 9.75. The number of rotatable bonds is 4. The van der Waals surface area contributed by atoms with Crippen molar-refractivity contribution in [2.24, 2.45) is 0 Å². The molecular weight excluding hydrogens is 156 g/mol. The number of aliphatic hydroxyl groups is 1. The summed E-state index contributed by atoms with van der Waals surface area (Å²) < 4.78 is 0. The van der Waals surface area contributed by atoms with Gasteiger partial charge in [0.15, 0.2) is 0 Å². The van der Waals surface area contributed by atoms with Gasteiger partial charge in [0, 0.05) is 13.2 Å². The Hall–Kier alpha value is -1.36. The standard InChI is InChI=1S/C7H12N4O/c8-6-4-10-7(11-5-6)9-2-1-3-12/h4-5,12H,1-3,8H2,(H,9,10,11). The minimum absolute atomic E-state index is 0.169. The fourth-order valence-corrected chi connectivity index (χ4v) is 0.709. The molecule has 0 fully saturated rings. The van der Waals surface area contributed by atoms with Crippen molar-refractivity contribution in [2.45, 2.75) is 6.42 Å². The van der Waals surface area contributed by atoms with Crippen LogP contribution >= 0.6 is 0 Å². The minimum Gasteiger partial charge on any atom is -0.396 e. The molecule has 0 amide bonds. The zero-order chi connectivity index (χ0) is 8.81. The summed E-state index contributed by atoms with van der Waals surface area (Å²) in [6, 6.07) is 0. The topological polar surface area (TPSA) is 84.1 Å². The molecule has 12 heavy (non-hydrogen) atoms. The molecule has 0 aliphatic carbocycles. The van der Waals surface area contributed by atoms with Gasteiger partial charge in [-0.3, -0.25) is 0 Å². The summed E-state index contributed by atoms with van der Waals surface area (Å²) in [4.78, 5) is 7.84. The maximum Gasteiger partial charge on any atom is 0.222 e. The highest BCUT2D eigenvalue weighted by Gasteiger charge is 1.92. The van der Waals surface area contributed by atoms with E-state index in [1.165, 1.54) is 12.4 Å². The second-order valence-electron chi connectivity index (χ2n) is 2.34. The van der Waals surface area contributed by atoms with Crippen LogP contribution in [0, 0.1) is 0 Å². The van der Waals surface area contributed by atoms with E-state index in [4.69, 9.17) is 10.8 Å². The molecule has 0 spiro atoms. The van der Waals surface area contributed by atoms with Gasteiger partial charge in [0.2, 0.25) is 5.95 Å². The predicted octanol–water partition coefficient (Wildman–Crippen LogP) is -0.147. The van der Waals surface area contributed by atoms with E-state index in [0.717, 1.165) is 0 Å². The largest absolute Gasteiger partial charge is 0.396 e. The molecule has 0 bridgehead atoms. The number of nitrogens with two attached hydrogens (primary N) is 1. The molecule has 0 aliphatic rings. The Morgan fingerprint density at radius 2 is 2.08 bits per heavy atom. The van der Waals surface area contributed by atoms with Crippen LogP contribution in [-0.4, -0.2) is 28.2 Å². The maximum absolute atomic E-state index is 8.49. The third kappa shape index (κ3) is 2.71. The Labute approximate surface area is 70.6 Å². The summed E-state index contributed by atoms with van der Waals surface area (Å²) in [5.41, 5.74) is 5.93. The van der Waals surface area contributed by atoms with Gasteiger partial charge in [0.25, 0.3) is 0 Å². The molecule has 0 saturated heterocycles. The number of nitrogens with zero attached hydrogens (tertiary/aromatic N) is 2. The van der Waals surface area contributed by atoms with E-state index in [1.54, 1.807) is 0 Å². The number of aliphatic hydroxyl groups excluding tert-OH is 1. The first kappa shape index (κ1) is 8.73. The highest BCUT2D eigenvalue weighted by molar-refractivity contribution is 5.35. The molecule has 66 valence electrons. The fraction of sp³-hybridized carbons (Fsp3) is 0.429. The average molecular weight is 168 g/mol. The van der Waals surface area contributed by atoms with Gasteiger partial charge >= 0.3 is 0 Å². The van der Waals surface area contributed by atoms with Crippen molar-refractivity contribution in [1.82, 2.24) is 9.97 Å². The molecule has 0 aliphatic heterocycles. The number of anilines is 2. The fourth-order valence-electron chi connectivity index (χ4n) is 0.709. The van der Waals surface area contributed by atoms with E-state index in [-0.39, 0.29) is 6.61 Å². The van der Waals surface area contributed by atoms with Crippen LogP contribution in [0.25, 0.3) is 0 Å². The summed E-state index contributed by atoms with van der Waals surface area (Å²) >= 11 is 0. The Balaban J connectivity index is 2.37. The van der Waals surface area contributed by atoms with Crippen molar-refractivity contribution in [1.29, 1.82) is 0 Å². The first-order valence-corrected chi connectivity index (χ1v) is 3.75. The molecule has 5 heteroatoms. The summed E-state index contributed by atoms with van der Waals surface area (Å²) in [6.45, 7) is 0.836. The van der Waals surface area contributed by atoms with Crippen molar-refractivity contribution < 1.29 is 5.11 Å². The summed E-state index contributed by atoms with van der Waals surface area (Å²) in [7, 11) is 0. The molecular formula is C7H12N4O. The van der Waals surface area contributed by atoms with Crippen molar-refractivity contribution >= 4 is 11.6 Å². The lowest BCUT2D eigenvalue weighted by Gasteiger charge is -2.01. The molecule has 5 nitrogen and oxygen atoms in total.